The van der Waals surface area contributed by atoms with E-state index in [1.54, 1.807) is 32.9 Å². The Labute approximate surface area is 227 Å². The van der Waals surface area contributed by atoms with Gasteiger partial charge in [0.15, 0.2) is 0 Å². The van der Waals surface area contributed by atoms with Gasteiger partial charge in [-0.2, -0.15) is 0 Å². The van der Waals surface area contributed by atoms with Crippen molar-refractivity contribution in [3.8, 4) is 11.1 Å². The summed E-state index contributed by atoms with van der Waals surface area (Å²) < 4.78 is 24.4. The van der Waals surface area contributed by atoms with Crippen molar-refractivity contribution in [1.82, 2.24) is 10.2 Å². The lowest BCUT2D eigenvalue weighted by atomic mass is 9.98. The average molecular weight is 533 g/mol. The highest BCUT2D eigenvalue weighted by Crippen LogP contribution is 2.44. The third-order valence-electron chi connectivity index (χ3n) is 6.45. The Kier molecular flexibility index (Phi) is 8.33. The summed E-state index contributed by atoms with van der Waals surface area (Å²) in [7, 11) is 1.46. The van der Waals surface area contributed by atoms with E-state index >= 15 is 0 Å². The maximum absolute atomic E-state index is 13.4. The Hall–Kier alpha value is -4.20. The van der Waals surface area contributed by atoms with Crippen molar-refractivity contribution in [2.24, 2.45) is 0 Å². The van der Waals surface area contributed by atoms with Crippen molar-refractivity contribution in [3.63, 3.8) is 0 Å². The van der Waals surface area contributed by atoms with E-state index < -0.39 is 35.4 Å². The first-order chi connectivity index (χ1) is 18.5. The third kappa shape index (κ3) is 7.02. The number of carbonyl (C=O) groups is 3. The smallest absolute Gasteiger partial charge is 0.407 e. The molecule has 0 spiro atoms. The number of hydrogen-bond acceptors (Lipinski definition) is 5. The van der Waals surface area contributed by atoms with E-state index in [2.05, 4.69) is 5.32 Å². The summed E-state index contributed by atoms with van der Waals surface area (Å²) in [6.07, 6.45) is -0.676. The van der Waals surface area contributed by atoms with Crippen molar-refractivity contribution in [1.29, 1.82) is 0 Å². The molecule has 0 fully saturated rings. The van der Waals surface area contributed by atoms with E-state index in [4.69, 9.17) is 9.47 Å². The number of esters is 1. The zero-order valence-corrected chi connectivity index (χ0v) is 22.6. The van der Waals surface area contributed by atoms with Gasteiger partial charge in [0.25, 0.3) is 0 Å². The molecule has 0 unspecified atom stereocenters. The summed E-state index contributed by atoms with van der Waals surface area (Å²) in [6, 6.07) is 20.6. The number of nitrogens with zero attached hydrogens (tertiary/aromatic N) is 1. The second kappa shape index (κ2) is 11.7. The summed E-state index contributed by atoms with van der Waals surface area (Å²) in [5, 5.41) is 2.66. The molecule has 1 atom stereocenters. The van der Waals surface area contributed by atoms with Crippen LogP contribution in [0, 0.1) is 5.82 Å². The molecule has 7 nitrogen and oxygen atoms in total. The predicted molar refractivity (Wildman–Crippen MR) is 146 cm³/mol. The summed E-state index contributed by atoms with van der Waals surface area (Å²) in [5.74, 6) is -1.61. The lowest BCUT2D eigenvalue weighted by molar-refractivity contribution is -0.158. The molecule has 0 radical (unpaired) electrons. The van der Waals surface area contributed by atoms with Crippen LogP contribution in [0.1, 0.15) is 43.4 Å². The Morgan fingerprint density at radius 1 is 0.923 bits per heavy atom. The number of fused-ring (bicyclic) bond motifs is 3. The molecule has 3 aromatic rings. The normalized spacial score (nSPS) is 13.2. The third-order valence-corrected chi connectivity index (χ3v) is 6.45. The molecule has 0 aliphatic heterocycles. The highest BCUT2D eigenvalue weighted by atomic mass is 19.1. The molecular formula is C31H33FN2O5. The molecule has 39 heavy (non-hydrogen) atoms. The molecule has 3 aromatic carbocycles. The second-order valence-corrected chi connectivity index (χ2v) is 10.6. The lowest BCUT2D eigenvalue weighted by Crippen LogP contribution is -2.50. The number of carbonyl (C=O) groups excluding carboxylic acids is 3. The molecule has 4 rings (SSSR count). The summed E-state index contributed by atoms with van der Waals surface area (Å²) in [5.41, 5.74) is 4.29. The van der Waals surface area contributed by atoms with Gasteiger partial charge in [0, 0.05) is 19.4 Å². The number of hydrogen-bond donors (Lipinski definition) is 1. The molecule has 0 aromatic heterocycles. The van der Waals surface area contributed by atoms with Crippen molar-refractivity contribution in [3.05, 3.63) is 95.3 Å². The molecule has 1 N–H and O–H groups in total. The zero-order chi connectivity index (χ0) is 28.2. The van der Waals surface area contributed by atoms with Crippen LogP contribution in [0.2, 0.25) is 0 Å². The van der Waals surface area contributed by atoms with Gasteiger partial charge in [-0.15, -0.1) is 0 Å². The Morgan fingerprint density at radius 2 is 1.49 bits per heavy atom. The molecule has 0 saturated carbocycles. The number of halogens is 1. The van der Waals surface area contributed by atoms with E-state index in [1.165, 1.54) is 24.1 Å². The quantitative estimate of drug-likeness (QED) is 0.409. The van der Waals surface area contributed by atoms with Crippen LogP contribution >= 0.6 is 0 Å². The minimum absolute atomic E-state index is 0.0853. The van der Waals surface area contributed by atoms with Gasteiger partial charge in [-0.3, -0.25) is 9.59 Å². The molecule has 0 saturated heterocycles. The zero-order valence-electron chi connectivity index (χ0n) is 22.6. The second-order valence-electron chi connectivity index (χ2n) is 10.6. The van der Waals surface area contributed by atoms with Crippen LogP contribution in [0.25, 0.3) is 11.1 Å². The fraction of sp³-hybridized carbons (Fsp3) is 0.323. The summed E-state index contributed by atoms with van der Waals surface area (Å²) >= 11 is 0. The van der Waals surface area contributed by atoms with Crippen LogP contribution in [-0.2, 0) is 25.5 Å². The number of alkyl carbamates (subject to hydrolysis) is 1. The highest BCUT2D eigenvalue weighted by molar-refractivity contribution is 5.88. The molecule has 1 aliphatic carbocycles. The first kappa shape index (κ1) is 27.8. The van der Waals surface area contributed by atoms with Crippen LogP contribution in [0.15, 0.2) is 72.8 Å². The number of nitrogens with one attached hydrogen (secondary N) is 1. The molecule has 0 heterocycles. The van der Waals surface area contributed by atoms with E-state index in [1.807, 2.05) is 48.5 Å². The van der Waals surface area contributed by atoms with Crippen LogP contribution < -0.4 is 5.32 Å². The first-order valence-corrected chi connectivity index (χ1v) is 12.8. The van der Waals surface area contributed by atoms with Gasteiger partial charge in [0.2, 0.25) is 5.91 Å². The van der Waals surface area contributed by atoms with Gasteiger partial charge in [-0.25, -0.2) is 9.18 Å². The van der Waals surface area contributed by atoms with Crippen LogP contribution in [-0.4, -0.2) is 54.7 Å². The molecule has 204 valence electrons. The van der Waals surface area contributed by atoms with E-state index in [0.717, 1.165) is 22.3 Å². The van der Waals surface area contributed by atoms with Gasteiger partial charge < -0.3 is 19.7 Å². The van der Waals surface area contributed by atoms with Crippen molar-refractivity contribution >= 4 is 18.0 Å². The van der Waals surface area contributed by atoms with E-state index in [0.29, 0.717) is 5.56 Å². The van der Waals surface area contributed by atoms with E-state index in [9.17, 15) is 18.8 Å². The highest BCUT2D eigenvalue weighted by Gasteiger charge is 2.31. The summed E-state index contributed by atoms with van der Waals surface area (Å²) in [4.78, 5) is 39.8. The Balaban J connectivity index is 1.46. The molecular weight excluding hydrogens is 499 g/mol. The molecule has 2 amide bonds. The molecule has 8 heteroatoms. The predicted octanol–water partition coefficient (Wildman–Crippen LogP) is 5.08. The van der Waals surface area contributed by atoms with Gasteiger partial charge in [-0.05, 0) is 60.7 Å². The number of likely N-dealkylation sites (N-methyl/N-ethyl adjacent to an activating group) is 1. The SMILES string of the molecule is CN(CC(=O)OC(C)(C)C)C(=O)[C@H](Cc1ccc(F)cc1)NC(=O)OCC1c2ccccc2-c2ccccc21. The largest absolute Gasteiger partial charge is 0.459 e. The number of amides is 2. The van der Waals surface area contributed by atoms with Crippen LogP contribution in [0.3, 0.4) is 0 Å². The van der Waals surface area contributed by atoms with Crippen LogP contribution in [0.5, 0.6) is 0 Å². The average Bonchev–Trinajstić information content (AvgIpc) is 3.20. The maximum atomic E-state index is 13.4. The molecule has 0 bridgehead atoms. The Morgan fingerprint density at radius 3 is 2.05 bits per heavy atom. The van der Waals surface area contributed by atoms with Gasteiger partial charge in [-0.1, -0.05) is 60.7 Å². The number of rotatable bonds is 8. The minimum Gasteiger partial charge on any atom is -0.459 e. The maximum Gasteiger partial charge on any atom is 0.407 e. The monoisotopic (exact) mass is 532 g/mol. The number of ether oxygens (including phenoxy) is 2. The van der Waals surface area contributed by atoms with Gasteiger partial charge >= 0.3 is 12.1 Å². The van der Waals surface area contributed by atoms with Crippen LogP contribution in [0.4, 0.5) is 9.18 Å². The molecule has 1 aliphatic rings. The van der Waals surface area contributed by atoms with Crippen molar-refractivity contribution < 1.29 is 28.2 Å². The summed E-state index contributed by atoms with van der Waals surface area (Å²) in [6.45, 7) is 5.02. The fourth-order valence-electron chi connectivity index (χ4n) is 4.75. The lowest BCUT2D eigenvalue weighted by Gasteiger charge is -2.26. The van der Waals surface area contributed by atoms with Crippen molar-refractivity contribution in [2.75, 3.05) is 20.2 Å². The topological polar surface area (TPSA) is 84.9 Å². The fourth-order valence-corrected chi connectivity index (χ4v) is 4.75. The van der Waals surface area contributed by atoms with Gasteiger partial charge in [0.1, 0.15) is 30.6 Å². The van der Waals surface area contributed by atoms with Crippen molar-refractivity contribution in [2.45, 2.75) is 44.8 Å². The van der Waals surface area contributed by atoms with Gasteiger partial charge in [0.05, 0.1) is 0 Å². The Bertz CT molecular complexity index is 1300. The minimum atomic E-state index is -1.04. The van der Waals surface area contributed by atoms with E-state index in [-0.39, 0.29) is 25.5 Å². The first-order valence-electron chi connectivity index (χ1n) is 12.8. The standard InChI is InChI=1S/C31H33FN2O5/c1-31(2,3)39-28(35)18-34(4)29(36)27(17-20-13-15-21(32)16-14-20)33-30(37)38-19-26-24-11-7-5-9-22(24)23-10-6-8-12-25(23)26/h5-16,26-27H,17-19H2,1-4H3,(H,33,37)/t27-/m0/s1. The number of benzene rings is 3.